The van der Waals surface area contributed by atoms with Crippen molar-refractivity contribution in [2.75, 3.05) is 11.9 Å². The van der Waals surface area contributed by atoms with Crippen LogP contribution in [0.15, 0.2) is 23.6 Å². The van der Waals surface area contributed by atoms with Crippen LogP contribution in [0.2, 0.25) is 0 Å². The number of carbonyl (C=O) groups excluding carboxylic acids is 2. The monoisotopic (exact) mass is 363 g/mol. The molecule has 4 rings (SSSR count). The second-order valence-corrected chi connectivity index (χ2v) is 7.16. The van der Waals surface area contributed by atoms with E-state index in [1.807, 2.05) is 0 Å². The van der Waals surface area contributed by atoms with Gasteiger partial charge in [-0.2, -0.15) is 0 Å². The van der Waals surface area contributed by atoms with Gasteiger partial charge in [0.15, 0.2) is 5.13 Å². The molecule has 2 amide bonds. The fourth-order valence-electron chi connectivity index (χ4n) is 3.04. The van der Waals surface area contributed by atoms with E-state index in [0.717, 1.165) is 36.3 Å². The van der Waals surface area contributed by atoms with Gasteiger partial charge in [0, 0.05) is 24.4 Å². The van der Waals surface area contributed by atoms with Crippen molar-refractivity contribution in [2.45, 2.75) is 25.3 Å². The maximum atomic E-state index is 13.8. The van der Waals surface area contributed by atoms with Gasteiger partial charge in [0.2, 0.25) is 11.8 Å². The van der Waals surface area contributed by atoms with Crippen molar-refractivity contribution >= 4 is 28.3 Å². The Hall–Kier alpha value is -2.35. The van der Waals surface area contributed by atoms with Crippen LogP contribution in [0.25, 0.3) is 11.3 Å². The summed E-state index contributed by atoms with van der Waals surface area (Å²) in [7, 11) is 0. The third-order valence-corrected chi connectivity index (χ3v) is 5.23. The van der Waals surface area contributed by atoms with Gasteiger partial charge in [-0.05, 0) is 25.0 Å². The number of thiazole rings is 1. The number of halogens is 2. The summed E-state index contributed by atoms with van der Waals surface area (Å²) in [4.78, 5) is 30.2. The normalized spacial score (nSPS) is 20.2. The van der Waals surface area contributed by atoms with Gasteiger partial charge in [-0.25, -0.2) is 13.8 Å². The molecule has 8 heteroatoms. The van der Waals surface area contributed by atoms with Gasteiger partial charge < -0.3 is 10.2 Å². The number of likely N-dealkylation sites (tertiary alicyclic amines) is 1. The molecular weight excluding hydrogens is 348 g/mol. The lowest BCUT2D eigenvalue weighted by molar-refractivity contribution is -0.128. The molecule has 5 nitrogen and oxygen atoms in total. The van der Waals surface area contributed by atoms with E-state index in [0.29, 0.717) is 12.6 Å². The Morgan fingerprint density at radius 3 is 2.68 bits per heavy atom. The van der Waals surface area contributed by atoms with Crippen molar-refractivity contribution in [3.05, 3.63) is 35.2 Å². The Morgan fingerprint density at radius 2 is 2.00 bits per heavy atom. The van der Waals surface area contributed by atoms with Gasteiger partial charge in [-0.3, -0.25) is 9.59 Å². The number of benzene rings is 1. The minimum absolute atomic E-state index is 0.0101. The lowest BCUT2D eigenvalue weighted by atomic mass is 10.1. The first kappa shape index (κ1) is 16.1. The molecule has 0 bridgehead atoms. The zero-order chi connectivity index (χ0) is 17.6. The molecule has 25 heavy (non-hydrogen) atoms. The van der Waals surface area contributed by atoms with Crippen molar-refractivity contribution in [2.24, 2.45) is 5.92 Å². The zero-order valence-electron chi connectivity index (χ0n) is 13.2. The van der Waals surface area contributed by atoms with E-state index in [4.69, 9.17) is 0 Å². The highest BCUT2D eigenvalue weighted by Crippen LogP contribution is 2.33. The SMILES string of the molecule is O=C(Nc1nc(-c2c(F)cccc2F)cs1)[C@@H]1CC(=O)N(C2CC2)C1. The van der Waals surface area contributed by atoms with Crippen molar-refractivity contribution < 1.29 is 18.4 Å². The molecule has 1 aromatic heterocycles. The predicted molar refractivity (Wildman–Crippen MR) is 88.9 cm³/mol. The van der Waals surface area contributed by atoms with Crippen LogP contribution in [0.4, 0.5) is 13.9 Å². The Labute approximate surface area is 146 Å². The maximum Gasteiger partial charge on any atom is 0.231 e. The number of amides is 2. The molecule has 1 atom stereocenters. The third kappa shape index (κ3) is 3.13. The highest BCUT2D eigenvalue weighted by molar-refractivity contribution is 7.14. The van der Waals surface area contributed by atoms with Crippen LogP contribution in [0, 0.1) is 17.6 Å². The molecule has 2 aromatic rings. The molecule has 1 aliphatic carbocycles. The van der Waals surface area contributed by atoms with E-state index in [9.17, 15) is 18.4 Å². The molecule has 1 saturated heterocycles. The van der Waals surface area contributed by atoms with E-state index < -0.39 is 17.6 Å². The predicted octanol–water partition coefficient (Wildman–Crippen LogP) is 3.04. The number of rotatable bonds is 4. The summed E-state index contributed by atoms with van der Waals surface area (Å²) in [5.41, 5.74) is -0.0757. The maximum absolute atomic E-state index is 13.8. The van der Waals surface area contributed by atoms with E-state index in [2.05, 4.69) is 10.3 Å². The summed E-state index contributed by atoms with van der Waals surface area (Å²) in [6.07, 6.45) is 2.21. The molecule has 130 valence electrons. The fourth-order valence-corrected chi connectivity index (χ4v) is 3.75. The lowest BCUT2D eigenvalue weighted by Crippen LogP contribution is -2.29. The smallest absolute Gasteiger partial charge is 0.231 e. The molecule has 1 aromatic carbocycles. The Morgan fingerprint density at radius 1 is 1.28 bits per heavy atom. The molecular formula is C17H15F2N3O2S. The highest BCUT2D eigenvalue weighted by atomic mass is 32.1. The molecule has 0 radical (unpaired) electrons. The number of nitrogens with zero attached hydrogens (tertiary/aromatic N) is 2. The summed E-state index contributed by atoms with van der Waals surface area (Å²) in [6.45, 7) is 0.426. The van der Waals surface area contributed by atoms with E-state index in [-0.39, 0.29) is 34.6 Å². The minimum Gasteiger partial charge on any atom is -0.339 e. The Bertz CT molecular complexity index is 830. The van der Waals surface area contributed by atoms with Crippen LogP contribution in [-0.2, 0) is 9.59 Å². The van der Waals surface area contributed by atoms with Crippen molar-refractivity contribution in [3.63, 3.8) is 0 Å². The van der Waals surface area contributed by atoms with E-state index in [1.165, 1.54) is 11.4 Å². The minimum atomic E-state index is -0.704. The van der Waals surface area contributed by atoms with Gasteiger partial charge in [0.1, 0.15) is 11.6 Å². The first-order valence-electron chi connectivity index (χ1n) is 8.03. The van der Waals surface area contributed by atoms with Gasteiger partial charge in [-0.1, -0.05) is 6.07 Å². The summed E-state index contributed by atoms with van der Waals surface area (Å²) in [5.74, 6) is -2.10. The summed E-state index contributed by atoms with van der Waals surface area (Å²) >= 11 is 1.09. The van der Waals surface area contributed by atoms with Crippen LogP contribution < -0.4 is 5.32 Å². The zero-order valence-corrected chi connectivity index (χ0v) is 14.0. The number of anilines is 1. The van der Waals surface area contributed by atoms with E-state index >= 15 is 0 Å². The van der Waals surface area contributed by atoms with Crippen LogP contribution >= 0.6 is 11.3 Å². The molecule has 1 saturated carbocycles. The molecule has 1 N–H and O–H groups in total. The number of nitrogens with one attached hydrogen (secondary N) is 1. The average Bonchev–Trinajstić information content (AvgIpc) is 3.19. The summed E-state index contributed by atoms with van der Waals surface area (Å²) in [5, 5.41) is 4.42. The first-order chi connectivity index (χ1) is 12.0. The van der Waals surface area contributed by atoms with Crippen LogP contribution in [-0.4, -0.2) is 34.3 Å². The topological polar surface area (TPSA) is 62.3 Å². The van der Waals surface area contributed by atoms with Crippen molar-refractivity contribution in [1.82, 2.24) is 9.88 Å². The second-order valence-electron chi connectivity index (χ2n) is 6.30. The van der Waals surface area contributed by atoms with Crippen molar-refractivity contribution in [1.29, 1.82) is 0 Å². The highest BCUT2D eigenvalue weighted by Gasteiger charge is 2.41. The van der Waals surface area contributed by atoms with Gasteiger partial charge in [0.05, 0.1) is 17.2 Å². The second kappa shape index (κ2) is 6.18. The van der Waals surface area contributed by atoms with Gasteiger partial charge >= 0.3 is 0 Å². The van der Waals surface area contributed by atoms with Crippen molar-refractivity contribution in [3.8, 4) is 11.3 Å². The number of aromatic nitrogens is 1. The quantitative estimate of drug-likeness (QED) is 0.908. The van der Waals surface area contributed by atoms with Gasteiger partial charge in [0.25, 0.3) is 0 Å². The molecule has 2 aliphatic rings. The standard InChI is InChI=1S/C17H15F2N3O2S/c18-11-2-1-3-12(19)15(11)13-8-25-17(20-13)21-16(24)9-6-14(23)22(7-9)10-4-5-10/h1-3,8-10H,4-7H2,(H,20,21,24)/t9-/m1/s1. The average molecular weight is 363 g/mol. The number of hydrogen-bond donors (Lipinski definition) is 1. The number of carbonyl (C=O) groups is 2. The third-order valence-electron chi connectivity index (χ3n) is 4.47. The Balaban J connectivity index is 1.46. The number of hydrogen-bond acceptors (Lipinski definition) is 4. The van der Waals surface area contributed by atoms with Crippen LogP contribution in [0.5, 0.6) is 0 Å². The molecule has 1 aliphatic heterocycles. The molecule has 0 unspecified atom stereocenters. The first-order valence-corrected chi connectivity index (χ1v) is 8.91. The van der Waals surface area contributed by atoms with Crippen LogP contribution in [0.1, 0.15) is 19.3 Å². The largest absolute Gasteiger partial charge is 0.339 e. The molecule has 2 fully saturated rings. The molecule has 0 spiro atoms. The molecule has 2 heterocycles. The van der Waals surface area contributed by atoms with Gasteiger partial charge in [-0.15, -0.1) is 11.3 Å². The summed E-state index contributed by atoms with van der Waals surface area (Å²) < 4.78 is 27.6. The summed E-state index contributed by atoms with van der Waals surface area (Å²) in [6, 6.07) is 3.89. The Kier molecular flexibility index (Phi) is 3.99. The fraction of sp³-hybridized carbons (Fsp3) is 0.353. The van der Waals surface area contributed by atoms with Crippen LogP contribution in [0.3, 0.4) is 0 Å². The lowest BCUT2D eigenvalue weighted by Gasteiger charge is -2.14. The van der Waals surface area contributed by atoms with E-state index in [1.54, 1.807) is 4.90 Å².